The first-order valence-corrected chi connectivity index (χ1v) is 6.82. The molecule has 0 radical (unpaired) electrons. The van der Waals surface area contributed by atoms with Gasteiger partial charge in [0.05, 0.1) is 36.7 Å². The van der Waals surface area contributed by atoms with Gasteiger partial charge in [0.2, 0.25) is 0 Å². The molecule has 0 spiro atoms. The normalized spacial score (nSPS) is 10.2. The fourth-order valence-corrected chi connectivity index (χ4v) is 2.94. The van der Waals surface area contributed by atoms with Gasteiger partial charge in [-0.1, -0.05) is 11.6 Å². The Morgan fingerprint density at radius 1 is 1.25 bits per heavy atom. The van der Waals surface area contributed by atoms with Crippen molar-refractivity contribution >= 4 is 28.9 Å². The summed E-state index contributed by atoms with van der Waals surface area (Å²) in [7, 11) is 4.34. The average molecular weight is 314 g/mol. The van der Waals surface area contributed by atoms with Crippen LogP contribution in [0.2, 0.25) is 5.02 Å². The number of halogens is 1. The molecule has 0 fully saturated rings. The Hall–Kier alpha value is -1.79. The fraction of sp³-hybridized carbons (Fsp3) is 0.231. The van der Waals surface area contributed by atoms with E-state index in [0.29, 0.717) is 27.0 Å². The monoisotopic (exact) mass is 313 g/mol. The molecule has 0 unspecified atom stereocenters. The van der Waals surface area contributed by atoms with Crippen LogP contribution in [0.25, 0.3) is 10.4 Å². The quantitative estimate of drug-likeness (QED) is 0.811. The molecule has 2 aromatic rings. The maximum Gasteiger partial charge on any atom is 0.358 e. The highest BCUT2D eigenvalue weighted by Crippen LogP contribution is 2.43. The Morgan fingerprint density at radius 3 is 2.60 bits per heavy atom. The number of hydrogen-bond acceptors (Lipinski definition) is 6. The molecule has 106 valence electrons. The predicted molar refractivity (Wildman–Crippen MR) is 77.0 cm³/mol. The molecule has 5 nitrogen and oxygen atoms in total. The first-order chi connectivity index (χ1) is 9.63. The van der Waals surface area contributed by atoms with Crippen LogP contribution >= 0.6 is 22.9 Å². The van der Waals surface area contributed by atoms with Crippen molar-refractivity contribution in [1.82, 2.24) is 4.98 Å². The van der Waals surface area contributed by atoms with Crippen molar-refractivity contribution in [2.45, 2.75) is 0 Å². The molecule has 0 atom stereocenters. The SMILES string of the molecule is COC(=O)c1ncsc1-c1ccc(OC)c(OC)c1Cl. The van der Waals surface area contributed by atoms with Gasteiger partial charge in [0.15, 0.2) is 17.2 Å². The number of methoxy groups -OCH3 is 3. The second-order valence-electron chi connectivity index (χ2n) is 3.68. The van der Waals surface area contributed by atoms with E-state index in [1.54, 1.807) is 17.6 Å². The van der Waals surface area contributed by atoms with Gasteiger partial charge in [-0.2, -0.15) is 0 Å². The van der Waals surface area contributed by atoms with Crippen LogP contribution in [-0.2, 0) is 4.74 Å². The standard InChI is InChI=1S/C13H12ClNO4S/c1-17-8-5-4-7(9(14)11(8)18-2)12-10(13(16)19-3)15-6-20-12/h4-6H,1-3H3. The van der Waals surface area contributed by atoms with Gasteiger partial charge in [0.1, 0.15) is 0 Å². The highest BCUT2D eigenvalue weighted by molar-refractivity contribution is 7.13. The molecule has 20 heavy (non-hydrogen) atoms. The third-order valence-corrected chi connectivity index (χ3v) is 3.91. The molecule has 0 saturated heterocycles. The number of rotatable bonds is 4. The van der Waals surface area contributed by atoms with Crippen molar-refractivity contribution < 1.29 is 19.0 Å². The third kappa shape index (κ3) is 2.44. The number of benzene rings is 1. The molecule has 7 heteroatoms. The van der Waals surface area contributed by atoms with E-state index in [0.717, 1.165) is 0 Å². The largest absolute Gasteiger partial charge is 0.493 e. The van der Waals surface area contributed by atoms with Crippen LogP contribution < -0.4 is 9.47 Å². The van der Waals surface area contributed by atoms with E-state index >= 15 is 0 Å². The smallest absolute Gasteiger partial charge is 0.358 e. The molecule has 0 bridgehead atoms. The number of nitrogens with zero attached hydrogens (tertiary/aromatic N) is 1. The van der Waals surface area contributed by atoms with E-state index in [1.165, 1.54) is 32.7 Å². The zero-order valence-corrected chi connectivity index (χ0v) is 12.7. The van der Waals surface area contributed by atoms with Gasteiger partial charge in [0, 0.05) is 5.56 Å². The van der Waals surface area contributed by atoms with E-state index in [-0.39, 0.29) is 5.69 Å². The van der Waals surface area contributed by atoms with Gasteiger partial charge in [-0.15, -0.1) is 11.3 Å². The second-order valence-corrected chi connectivity index (χ2v) is 4.92. The van der Waals surface area contributed by atoms with E-state index in [2.05, 4.69) is 4.98 Å². The maximum absolute atomic E-state index is 11.7. The van der Waals surface area contributed by atoms with E-state index < -0.39 is 5.97 Å². The maximum atomic E-state index is 11.7. The number of thiazole rings is 1. The lowest BCUT2D eigenvalue weighted by molar-refractivity contribution is 0.0596. The molecular weight excluding hydrogens is 302 g/mol. The Kier molecular flexibility index (Phi) is 4.46. The van der Waals surface area contributed by atoms with Crippen LogP contribution in [0.15, 0.2) is 17.6 Å². The second kappa shape index (κ2) is 6.11. The van der Waals surface area contributed by atoms with Crippen molar-refractivity contribution in [3.8, 4) is 21.9 Å². The van der Waals surface area contributed by atoms with E-state index in [1.807, 2.05) is 0 Å². The lowest BCUT2D eigenvalue weighted by Gasteiger charge is -2.12. The number of hydrogen-bond donors (Lipinski definition) is 0. The zero-order valence-electron chi connectivity index (χ0n) is 11.1. The molecular formula is C13H12ClNO4S. The van der Waals surface area contributed by atoms with Gasteiger partial charge in [-0.3, -0.25) is 0 Å². The predicted octanol–water partition coefficient (Wildman–Crippen LogP) is 3.27. The van der Waals surface area contributed by atoms with Crippen molar-refractivity contribution in [2.24, 2.45) is 0 Å². The molecule has 0 saturated carbocycles. The summed E-state index contributed by atoms with van der Waals surface area (Å²) >= 11 is 7.63. The van der Waals surface area contributed by atoms with E-state index in [4.69, 9.17) is 25.8 Å². The van der Waals surface area contributed by atoms with Crippen LogP contribution in [0.4, 0.5) is 0 Å². The number of carbonyl (C=O) groups excluding carboxylic acids is 1. The summed E-state index contributed by atoms with van der Waals surface area (Å²) < 4.78 is 15.1. The molecule has 0 amide bonds. The minimum absolute atomic E-state index is 0.228. The Bertz CT molecular complexity index is 641. The molecule has 0 aliphatic rings. The number of aromatic nitrogens is 1. The van der Waals surface area contributed by atoms with Crippen molar-refractivity contribution in [1.29, 1.82) is 0 Å². The first kappa shape index (κ1) is 14.6. The summed E-state index contributed by atoms with van der Waals surface area (Å²) in [5, 5.41) is 0.362. The molecule has 1 heterocycles. The topological polar surface area (TPSA) is 57.7 Å². The lowest BCUT2D eigenvalue weighted by Crippen LogP contribution is -2.03. The minimum atomic E-state index is -0.507. The summed E-state index contributed by atoms with van der Waals surface area (Å²) in [6, 6.07) is 3.48. The minimum Gasteiger partial charge on any atom is -0.493 e. The highest BCUT2D eigenvalue weighted by Gasteiger charge is 2.22. The molecule has 0 aliphatic carbocycles. The van der Waals surface area contributed by atoms with E-state index in [9.17, 15) is 4.79 Å². The van der Waals surface area contributed by atoms with Crippen LogP contribution in [0.3, 0.4) is 0 Å². The third-order valence-electron chi connectivity index (χ3n) is 2.68. The van der Waals surface area contributed by atoms with Crippen LogP contribution in [0.5, 0.6) is 11.5 Å². The van der Waals surface area contributed by atoms with Gasteiger partial charge in [-0.05, 0) is 12.1 Å². The summed E-state index contributed by atoms with van der Waals surface area (Å²) in [4.78, 5) is 16.3. The van der Waals surface area contributed by atoms with Gasteiger partial charge < -0.3 is 14.2 Å². The zero-order chi connectivity index (χ0) is 14.7. The summed E-state index contributed by atoms with van der Waals surface area (Å²) in [5.74, 6) is 0.424. The van der Waals surface area contributed by atoms with Crippen LogP contribution in [0.1, 0.15) is 10.5 Å². The fourth-order valence-electron chi connectivity index (χ4n) is 1.74. The van der Waals surface area contributed by atoms with Crippen molar-refractivity contribution in [3.63, 3.8) is 0 Å². The van der Waals surface area contributed by atoms with Gasteiger partial charge in [0.25, 0.3) is 0 Å². The van der Waals surface area contributed by atoms with Gasteiger partial charge >= 0.3 is 5.97 Å². The highest BCUT2D eigenvalue weighted by atomic mass is 35.5. The van der Waals surface area contributed by atoms with Crippen LogP contribution in [0, 0.1) is 0 Å². The van der Waals surface area contributed by atoms with Crippen LogP contribution in [-0.4, -0.2) is 32.3 Å². The molecule has 1 aromatic carbocycles. The van der Waals surface area contributed by atoms with Gasteiger partial charge in [-0.25, -0.2) is 9.78 Å². The first-order valence-electron chi connectivity index (χ1n) is 5.56. The Balaban J connectivity index is 2.60. The summed E-state index contributed by atoms with van der Waals surface area (Å²) in [5.41, 5.74) is 2.44. The van der Waals surface area contributed by atoms with Crippen molar-refractivity contribution in [3.05, 3.63) is 28.4 Å². The van der Waals surface area contributed by atoms with Crippen molar-refractivity contribution in [2.75, 3.05) is 21.3 Å². The number of carbonyl (C=O) groups is 1. The number of esters is 1. The molecule has 0 N–H and O–H groups in total. The molecule has 2 rings (SSSR count). The Labute approximate surface area is 125 Å². The average Bonchev–Trinajstić information content (AvgIpc) is 2.95. The molecule has 0 aliphatic heterocycles. The number of ether oxygens (including phenoxy) is 3. The molecule has 1 aromatic heterocycles. The Morgan fingerprint density at radius 2 is 2.00 bits per heavy atom. The summed E-state index contributed by atoms with van der Waals surface area (Å²) in [6.45, 7) is 0. The lowest BCUT2D eigenvalue weighted by atomic mass is 10.1. The summed E-state index contributed by atoms with van der Waals surface area (Å²) in [6.07, 6.45) is 0.